The summed E-state index contributed by atoms with van der Waals surface area (Å²) in [5, 5.41) is 13.7. The van der Waals surface area contributed by atoms with E-state index in [2.05, 4.69) is 62.3 Å². The van der Waals surface area contributed by atoms with Crippen LogP contribution in [0.4, 0.5) is 0 Å². The number of imidazole rings is 1. The van der Waals surface area contributed by atoms with E-state index in [0.29, 0.717) is 25.3 Å². The van der Waals surface area contributed by atoms with Crippen molar-refractivity contribution in [3.05, 3.63) is 84.6 Å². The highest BCUT2D eigenvalue weighted by molar-refractivity contribution is 5.92. The van der Waals surface area contributed by atoms with E-state index in [9.17, 15) is 9.90 Å². The molecule has 0 radical (unpaired) electrons. The van der Waals surface area contributed by atoms with Gasteiger partial charge in [-0.25, -0.2) is 4.98 Å². The second-order valence-electron chi connectivity index (χ2n) is 8.13. The summed E-state index contributed by atoms with van der Waals surface area (Å²) < 4.78 is 8.13. The zero-order chi connectivity index (χ0) is 22.9. The molecule has 4 aromatic rings. The number of nitrogens with one attached hydrogen (secondary N) is 2. The molecule has 0 aliphatic rings. The third-order valence-corrected chi connectivity index (χ3v) is 5.73. The van der Waals surface area contributed by atoms with Crippen molar-refractivity contribution in [2.45, 2.75) is 38.3 Å². The summed E-state index contributed by atoms with van der Waals surface area (Å²) in [4.78, 5) is 18.8. The van der Waals surface area contributed by atoms with Gasteiger partial charge in [-0.1, -0.05) is 30.3 Å². The number of amides is 1. The maximum Gasteiger partial charge on any atom is 0.269 e. The molecule has 0 saturated heterocycles. The lowest BCUT2D eigenvalue weighted by atomic mass is 10.1. The van der Waals surface area contributed by atoms with E-state index in [1.165, 1.54) is 18.1 Å². The molecule has 33 heavy (non-hydrogen) atoms. The Hall–Kier alpha value is -3.58. The number of hydrogen-bond donors (Lipinski definition) is 3. The van der Waals surface area contributed by atoms with Crippen LogP contribution in [0.25, 0.3) is 10.9 Å². The third kappa shape index (κ3) is 6.23. The molecule has 0 saturated carbocycles. The first-order chi connectivity index (χ1) is 16.2. The number of unbranched alkanes of at least 4 members (excludes halogenated alkanes) is 1. The maximum atomic E-state index is 12.2. The molecule has 2 aromatic carbocycles. The Morgan fingerprint density at radius 3 is 2.82 bits per heavy atom. The van der Waals surface area contributed by atoms with Gasteiger partial charge in [-0.3, -0.25) is 4.79 Å². The summed E-state index contributed by atoms with van der Waals surface area (Å²) in [6, 6.07) is 18.4. The number of aromatic nitrogens is 3. The van der Waals surface area contributed by atoms with Crippen LogP contribution < -0.4 is 10.1 Å². The summed E-state index contributed by atoms with van der Waals surface area (Å²) in [6.07, 6.45) is 8.71. The molecule has 0 spiro atoms. The molecule has 172 valence electrons. The van der Waals surface area contributed by atoms with E-state index in [1.54, 1.807) is 0 Å². The Morgan fingerprint density at radius 1 is 1.15 bits per heavy atom. The zero-order valence-corrected chi connectivity index (χ0v) is 18.6. The van der Waals surface area contributed by atoms with Crippen molar-refractivity contribution in [2.75, 3.05) is 13.2 Å². The lowest BCUT2D eigenvalue weighted by Gasteiger charge is -2.16. The van der Waals surface area contributed by atoms with Crippen LogP contribution in [-0.2, 0) is 13.0 Å². The highest BCUT2D eigenvalue weighted by Crippen LogP contribution is 2.23. The van der Waals surface area contributed by atoms with Crippen LogP contribution in [0, 0.1) is 0 Å². The predicted molar refractivity (Wildman–Crippen MR) is 128 cm³/mol. The first-order valence-electron chi connectivity index (χ1n) is 11.4. The number of aliphatic hydroxyl groups excluding tert-OH is 1. The molecule has 0 aliphatic heterocycles. The van der Waals surface area contributed by atoms with Crippen molar-refractivity contribution in [1.29, 1.82) is 0 Å². The second-order valence-corrected chi connectivity index (χ2v) is 8.13. The molecule has 7 nitrogen and oxygen atoms in total. The van der Waals surface area contributed by atoms with Crippen molar-refractivity contribution in [1.82, 2.24) is 19.9 Å². The highest BCUT2D eigenvalue weighted by atomic mass is 16.5. The largest absolute Gasteiger partial charge is 0.494 e. The van der Waals surface area contributed by atoms with Gasteiger partial charge in [0.25, 0.3) is 5.91 Å². The summed E-state index contributed by atoms with van der Waals surface area (Å²) in [7, 11) is 0. The molecular weight excluding hydrogens is 416 g/mol. The topological polar surface area (TPSA) is 92.2 Å². The lowest BCUT2D eigenvalue weighted by Crippen LogP contribution is -2.38. The number of aromatic amines is 1. The average molecular weight is 447 g/mol. The van der Waals surface area contributed by atoms with Crippen LogP contribution in [0.15, 0.2) is 73.3 Å². The minimum Gasteiger partial charge on any atom is -0.494 e. The zero-order valence-electron chi connectivity index (χ0n) is 18.6. The molecule has 2 heterocycles. The minimum absolute atomic E-state index is 0.129. The third-order valence-electron chi connectivity index (χ3n) is 5.73. The Balaban J connectivity index is 1.28. The first kappa shape index (κ1) is 22.6. The number of hydrogen-bond acceptors (Lipinski definition) is 4. The highest BCUT2D eigenvalue weighted by Gasteiger charge is 2.14. The fourth-order valence-electron chi connectivity index (χ4n) is 3.86. The van der Waals surface area contributed by atoms with Gasteiger partial charge in [0.2, 0.25) is 0 Å². The quantitative estimate of drug-likeness (QED) is 0.287. The Bertz CT molecular complexity index is 1140. The summed E-state index contributed by atoms with van der Waals surface area (Å²) in [6.45, 7) is 1.22. The molecule has 0 aliphatic carbocycles. The normalized spacial score (nSPS) is 12.0. The number of aryl methyl sites for hydroxylation is 2. The molecule has 1 atom stereocenters. The van der Waals surface area contributed by atoms with E-state index in [-0.39, 0.29) is 18.6 Å². The number of ether oxygens (including phenoxy) is 1. The van der Waals surface area contributed by atoms with Crippen molar-refractivity contribution in [2.24, 2.45) is 0 Å². The van der Waals surface area contributed by atoms with Gasteiger partial charge in [-0.2, -0.15) is 0 Å². The minimum atomic E-state index is -0.345. The number of carbonyl (C=O) groups excluding carboxylic acids is 1. The van der Waals surface area contributed by atoms with Crippen molar-refractivity contribution in [3.63, 3.8) is 0 Å². The Morgan fingerprint density at radius 2 is 2.03 bits per heavy atom. The summed E-state index contributed by atoms with van der Waals surface area (Å²) in [5.41, 5.74) is 2.82. The molecule has 0 bridgehead atoms. The van der Waals surface area contributed by atoms with Crippen LogP contribution in [-0.4, -0.2) is 44.8 Å². The number of fused-ring (bicyclic) bond motifs is 1. The van der Waals surface area contributed by atoms with Crippen LogP contribution in [0.2, 0.25) is 0 Å². The summed E-state index contributed by atoms with van der Waals surface area (Å²) >= 11 is 0. The molecular formula is C26H30N4O3. The van der Waals surface area contributed by atoms with Crippen LogP contribution in [0.5, 0.6) is 5.75 Å². The molecule has 0 unspecified atom stereocenters. The molecule has 2 aromatic heterocycles. The van der Waals surface area contributed by atoms with Gasteiger partial charge in [0.05, 0.1) is 37.3 Å². The fourth-order valence-corrected chi connectivity index (χ4v) is 3.86. The number of carbonyl (C=O) groups is 1. The van der Waals surface area contributed by atoms with Crippen molar-refractivity contribution in [3.8, 4) is 5.75 Å². The van der Waals surface area contributed by atoms with Crippen LogP contribution >= 0.6 is 0 Å². The average Bonchev–Trinajstić information content (AvgIpc) is 3.52. The molecule has 1 amide bonds. The molecule has 3 N–H and O–H groups in total. The van der Waals surface area contributed by atoms with Gasteiger partial charge < -0.3 is 24.7 Å². The molecule has 4 rings (SSSR count). The number of aliphatic hydroxyl groups is 1. The Labute approximate surface area is 193 Å². The maximum absolute atomic E-state index is 12.2. The van der Waals surface area contributed by atoms with Gasteiger partial charge in [0, 0.05) is 18.8 Å². The molecule has 0 fully saturated rings. The predicted octanol–water partition coefficient (Wildman–Crippen LogP) is 3.95. The van der Waals surface area contributed by atoms with Gasteiger partial charge in [-0.15, -0.1) is 0 Å². The van der Waals surface area contributed by atoms with E-state index in [0.717, 1.165) is 35.9 Å². The standard InChI is InChI=1S/C26H30N4O3/c31-18-22(29-26(32)24-17-27-19-28-24)12-14-30-13-11-21-9-10-23(16-25(21)30)33-15-5-4-8-20-6-2-1-3-7-20/h1-3,6-7,9-11,13,16-17,19,22,31H,4-5,8,12,14-15,18H2,(H,27,28)(H,29,32)/t22-/m1/s1. The van der Waals surface area contributed by atoms with Gasteiger partial charge >= 0.3 is 0 Å². The number of nitrogens with zero attached hydrogens (tertiary/aromatic N) is 2. The van der Waals surface area contributed by atoms with Gasteiger partial charge in [0.1, 0.15) is 11.4 Å². The lowest BCUT2D eigenvalue weighted by molar-refractivity contribution is 0.0907. The van der Waals surface area contributed by atoms with Crippen molar-refractivity contribution >= 4 is 16.8 Å². The first-order valence-corrected chi connectivity index (χ1v) is 11.4. The number of H-pyrrole nitrogens is 1. The van der Waals surface area contributed by atoms with Crippen LogP contribution in [0.1, 0.15) is 35.3 Å². The summed E-state index contributed by atoms with van der Waals surface area (Å²) in [5.74, 6) is 0.584. The second kappa shape index (κ2) is 11.3. The Kier molecular flexibility index (Phi) is 7.76. The van der Waals surface area contributed by atoms with Crippen molar-refractivity contribution < 1.29 is 14.6 Å². The van der Waals surface area contributed by atoms with Gasteiger partial charge in [0.15, 0.2) is 0 Å². The smallest absolute Gasteiger partial charge is 0.269 e. The van der Waals surface area contributed by atoms with Crippen LogP contribution in [0.3, 0.4) is 0 Å². The fraction of sp³-hybridized carbons (Fsp3) is 0.308. The SMILES string of the molecule is O=C(N[C@@H](CO)CCn1ccc2ccc(OCCCCc3ccccc3)cc21)c1cnc[nH]1. The van der Waals surface area contributed by atoms with E-state index >= 15 is 0 Å². The monoisotopic (exact) mass is 446 g/mol. The number of rotatable bonds is 12. The molecule has 7 heteroatoms. The van der Waals surface area contributed by atoms with E-state index < -0.39 is 0 Å². The van der Waals surface area contributed by atoms with Gasteiger partial charge in [-0.05, 0) is 54.8 Å². The van der Waals surface area contributed by atoms with E-state index in [1.807, 2.05) is 18.3 Å². The van der Waals surface area contributed by atoms with E-state index in [4.69, 9.17) is 4.74 Å². The number of benzene rings is 2.